The van der Waals surface area contributed by atoms with Crippen LogP contribution in [0.15, 0.2) is 18.5 Å². The van der Waals surface area contributed by atoms with Gasteiger partial charge in [0.2, 0.25) is 0 Å². The number of nitrogens with one attached hydrogen (secondary N) is 1. The van der Waals surface area contributed by atoms with Gasteiger partial charge < -0.3 is 14.8 Å². The Balaban J connectivity index is 2.39. The molecule has 2 aromatic heterocycles. The molecule has 0 saturated carbocycles. The lowest BCUT2D eigenvalue weighted by Gasteiger charge is -2.00. The van der Waals surface area contributed by atoms with Crippen LogP contribution in [0.2, 0.25) is 0 Å². The van der Waals surface area contributed by atoms with Crippen molar-refractivity contribution >= 4 is 10.9 Å². The van der Waals surface area contributed by atoms with Gasteiger partial charge in [-0.05, 0) is 6.07 Å². The Kier molecular flexibility index (Phi) is 1.25. The molecule has 0 fully saturated rings. The Morgan fingerprint density at radius 2 is 2.54 bits per heavy atom. The first-order valence-electron chi connectivity index (χ1n) is 4.11. The second kappa shape index (κ2) is 2.31. The van der Waals surface area contributed by atoms with Crippen LogP contribution in [0.4, 0.5) is 0 Å². The number of H-pyrrole nitrogens is 1. The average Bonchev–Trinajstić information content (AvgIpc) is 2.70. The van der Waals surface area contributed by atoms with E-state index < -0.39 is 6.29 Å². The van der Waals surface area contributed by atoms with E-state index in [0.29, 0.717) is 12.3 Å². The fourth-order valence-corrected chi connectivity index (χ4v) is 1.70. The number of rotatable bonds is 0. The Labute approximate surface area is 74.2 Å². The van der Waals surface area contributed by atoms with Crippen molar-refractivity contribution in [2.45, 2.75) is 12.9 Å². The van der Waals surface area contributed by atoms with Gasteiger partial charge in [0.05, 0.1) is 12.1 Å². The first-order chi connectivity index (χ1) is 6.36. The summed E-state index contributed by atoms with van der Waals surface area (Å²) in [6.07, 6.45) is 2.74. The average molecular weight is 176 g/mol. The summed E-state index contributed by atoms with van der Waals surface area (Å²) in [7, 11) is 0. The summed E-state index contributed by atoms with van der Waals surface area (Å²) in [5.74, 6) is 0. The van der Waals surface area contributed by atoms with E-state index in [1.807, 2.05) is 12.3 Å². The van der Waals surface area contributed by atoms with Crippen molar-refractivity contribution in [2.75, 3.05) is 0 Å². The van der Waals surface area contributed by atoms with E-state index in [4.69, 9.17) is 4.74 Å². The quantitative estimate of drug-likeness (QED) is 0.631. The highest BCUT2D eigenvalue weighted by molar-refractivity contribution is 5.82. The first kappa shape index (κ1) is 7.06. The minimum Gasteiger partial charge on any atom is -0.363 e. The number of fused-ring (bicyclic) bond motifs is 3. The molecule has 0 spiro atoms. The lowest BCUT2D eigenvalue weighted by molar-refractivity contribution is -0.0937. The molecule has 0 radical (unpaired) electrons. The van der Waals surface area contributed by atoms with Gasteiger partial charge >= 0.3 is 0 Å². The number of pyridine rings is 1. The van der Waals surface area contributed by atoms with E-state index in [0.717, 1.165) is 16.5 Å². The maximum absolute atomic E-state index is 9.38. The lowest BCUT2D eigenvalue weighted by Crippen LogP contribution is -1.95. The van der Waals surface area contributed by atoms with Crippen molar-refractivity contribution in [1.29, 1.82) is 0 Å². The van der Waals surface area contributed by atoms with Crippen molar-refractivity contribution < 1.29 is 9.84 Å². The van der Waals surface area contributed by atoms with Gasteiger partial charge in [0.25, 0.3) is 0 Å². The highest BCUT2D eigenvalue weighted by atomic mass is 16.6. The van der Waals surface area contributed by atoms with Gasteiger partial charge in [-0.25, -0.2) is 0 Å². The molecule has 0 aromatic carbocycles. The van der Waals surface area contributed by atoms with Crippen molar-refractivity contribution in [2.24, 2.45) is 0 Å². The molecule has 0 amide bonds. The van der Waals surface area contributed by atoms with E-state index in [1.54, 1.807) is 6.20 Å². The van der Waals surface area contributed by atoms with Crippen molar-refractivity contribution in [3.63, 3.8) is 0 Å². The summed E-state index contributed by atoms with van der Waals surface area (Å²) in [5, 5.41) is 10.4. The topological polar surface area (TPSA) is 58.1 Å². The van der Waals surface area contributed by atoms with Crippen molar-refractivity contribution in [3.05, 3.63) is 29.7 Å². The third-order valence-electron chi connectivity index (χ3n) is 2.35. The Morgan fingerprint density at radius 3 is 3.46 bits per heavy atom. The van der Waals surface area contributed by atoms with Crippen LogP contribution in [-0.2, 0) is 11.3 Å². The number of ether oxygens (including phenoxy) is 1. The monoisotopic (exact) mass is 176 g/mol. The van der Waals surface area contributed by atoms with Crippen LogP contribution < -0.4 is 0 Å². The van der Waals surface area contributed by atoms with Crippen LogP contribution in [-0.4, -0.2) is 15.1 Å². The molecule has 2 N–H and O–H groups in total. The molecular formula is C9H8N2O2. The fourth-order valence-electron chi connectivity index (χ4n) is 1.70. The zero-order valence-electron chi connectivity index (χ0n) is 6.82. The van der Waals surface area contributed by atoms with Gasteiger partial charge in [0, 0.05) is 23.3 Å². The summed E-state index contributed by atoms with van der Waals surface area (Å²) in [6, 6.07) is 1.95. The summed E-state index contributed by atoms with van der Waals surface area (Å²) >= 11 is 0. The van der Waals surface area contributed by atoms with Crippen LogP contribution >= 0.6 is 0 Å². The normalized spacial score (nSPS) is 20.8. The molecule has 0 saturated heterocycles. The highest BCUT2D eigenvalue weighted by Gasteiger charge is 2.24. The van der Waals surface area contributed by atoms with Gasteiger partial charge in [-0.3, -0.25) is 4.98 Å². The largest absolute Gasteiger partial charge is 0.363 e. The molecule has 1 aliphatic heterocycles. The smallest absolute Gasteiger partial charge is 0.199 e. The summed E-state index contributed by atoms with van der Waals surface area (Å²) in [4.78, 5) is 7.26. The van der Waals surface area contributed by atoms with E-state index in [-0.39, 0.29) is 0 Å². The minimum absolute atomic E-state index is 0.432. The van der Waals surface area contributed by atoms with E-state index in [2.05, 4.69) is 9.97 Å². The predicted octanol–water partition coefficient (Wildman–Crippen LogP) is 1.08. The standard InChI is InChI=1S/C9H8N2O2/c12-9-8-6(4-13-9)7-5(3-11-8)1-2-10-7/h1-3,9-10,12H,4H2. The lowest BCUT2D eigenvalue weighted by atomic mass is 10.2. The molecule has 4 heteroatoms. The molecule has 4 nitrogen and oxygen atoms in total. The van der Waals surface area contributed by atoms with Crippen molar-refractivity contribution in [1.82, 2.24) is 9.97 Å². The molecule has 0 bridgehead atoms. The number of aliphatic hydroxyl groups excluding tert-OH is 1. The third-order valence-corrected chi connectivity index (χ3v) is 2.35. The second-order valence-corrected chi connectivity index (χ2v) is 3.09. The predicted molar refractivity (Wildman–Crippen MR) is 45.8 cm³/mol. The van der Waals surface area contributed by atoms with Gasteiger partial charge in [0.1, 0.15) is 5.69 Å². The zero-order chi connectivity index (χ0) is 8.84. The molecular weight excluding hydrogens is 168 g/mol. The van der Waals surface area contributed by atoms with Crippen LogP contribution in [0.3, 0.4) is 0 Å². The van der Waals surface area contributed by atoms with Gasteiger partial charge in [-0.1, -0.05) is 0 Å². The van der Waals surface area contributed by atoms with Gasteiger partial charge in [-0.2, -0.15) is 0 Å². The number of hydrogen-bond donors (Lipinski definition) is 2. The SMILES string of the molecule is OC1OCc2c1ncc1cc[nH]c21. The molecule has 1 unspecified atom stereocenters. The first-order valence-corrected chi connectivity index (χ1v) is 4.11. The zero-order valence-corrected chi connectivity index (χ0v) is 6.82. The fraction of sp³-hybridized carbons (Fsp3) is 0.222. The number of aromatic nitrogens is 2. The summed E-state index contributed by atoms with van der Waals surface area (Å²) in [6.45, 7) is 0.432. The molecule has 3 rings (SSSR count). The molecule has 0 aliphatic carbocycles. The maximum Gasteiger partial charge on any atom is 0.199 e. The second-order valence-electron chi connectivity index (χ2n) is 3.09. The molecule has 66 valence electrons. The Hall–Kier alpha value is -1.39. The number of aromatic amines is 1. The molecule has 1 aliphatic rings. The summed E-state index contributed by atoms with van der Waals surface area (Å²) in [5.41, 5.74) is 2.62. The highest BCUT2D eigenvalue weighted by Crippen LogP contribution is 2.31. The Bertz CT molecular complexity index is 464. The number of aliphatic hydroxyl groups is 1. The van der Waals surface area contributed by atoms with E-state index in [9.17, 15) is 5.11 Å². The Morgan fingerprint density at radius 1 is 1.62 bits per heavy atom. The van der Waals surface area contributed by atoms with Gasteiger partial charge in [-0.15, -0.1) is 0 Å². The molecule has 13 heavy (non-hydrogen) atoms. The summed E-state index contributed by atoms with van der Waals surface area (Å²) < 4.78 is 5.07. The molecule has 2 aromatic rings. The van der Waals surface area contributed by atoms with Crippen LogP contribution in [0.25, 0.3) is 10.9 Å². The number of hydrogen-bond acceptors (Lipinski definition) is 3. The third kappa shape index (κ3) is 0.839. The molecule has 1 atom stereocenters. The maximum atomic E-state index is 9.38. The minimum atomic E-state index is -0.859. The van der Waals surface area contributed by atoms with Crippen molar-refractivity contribution in [3.8, 4) is 0 Å². The number of nitrogens with zero attached hydrogens (tertiary/aromatic N) is 1. The van der Waals surface area contributed by atoms with Crippen LogP contribution in [0, 0.1) is 0 Å². The van der Waals surface area contributed by atoms with E-state index in [1.165, 1.54) is 0 Å². The van der Waals surface area contributed by atoms with E-state index >= 15 is 0 Å². The van der Waals surface area contributed by atoms with Gasteiger partial charge in [0.15, 0.2) is 6.29 Å². The molecule has 3 heterocycles. The van der Waals surface area contributed by atoms with Crippen LogP contribution in [0.5, 0.6) is 0 Å². The van der Waals surface area contributed by atoms with Crippen LogP contribution in [0.1, 0.15) is 17.5 Å².